The maximum Gasteiger partial charge on any atom is 0.410 e. The lowest BCUT2D eigenvalue weighted by atomic mass is 10.1. The molecule has 0 radical (unpaired) electrons. The van der Waals surface area contributed by atoms with Crippen LogP contribution in [-0.2, 0) is 4.74 Å². The van der Waals surface area contributed by atoms with Gasteiger partial charge in [0.1, 0.15) is 17.2 Å². The lowest BCUT2D eigenvalue weighted by molar-refractivity contribution is 0.00738. The molecular formula is C16H22N4O3. The molecule has 1 amide bonds. The van der Waals surface area contributed by atoms with Crippen molar-refractivity contribution in [2.24, 2.45) is 0 Å². The van der Waals surface area contributed by atoms with Crippen molar-refractivity contribution in [2.45, 2.75) is 45.3 Å². The Hall–Kier alpha value is -2.31. The fraction of sp³-hybridized carbons (Fsp3) is 0.562. The van der Waals surface area contributed by atoms with Crippen molar-refractivity contribution in [3.05, 3.63) is 24.7 Å². The Morgan fingerprint density at radius 1 is 1.35 bits per heavy atom. The van der Waals surface area contributed by atoms with Crippen molar-refractivity contribution in [1.82, 2.24) is 19.5 Å². The molecule has 23 heavy (non-hydrogen) atoms. The van der Waals surface area contributed by atoms with E-state index in [-0.39, 0.29) is 12.2 Å². The van der Waals surface area contributed by atoms with E-state index >= 15 is 0 Å². The van der Waals surface area contributed by atoms with Crippen molar-refractivity contribution in [1.29, 1.82) is 0 Å². The van der Waals surface area contributed by atoms with Crippen molar-refractivity contribution < 1.29 is 14.3 Å². The van der Waals surface area contributed by atoms with E-state index in [0.29, 0.717) is 19.0 Å². The number of carbonyl (C=O) groups is 1. The third-order valence-corrected chi connectivity index (χ3v) is 3.60. The number of hydrogen-bond donors (Lipinski definition) is 0. The van der Waals surface area contributed by atoms with Crippen molar-refractivity contribution in [3.63, 3.8) is 0 Å². The standard InChI is InChI=1S/C16H22N4O3/c1-16(2,3)23-15(21)19-9-4-5-12(11-19)22-14-13-6-7-18-20(13)10-8-17-14/h6-8,10,12H,4-5,9,11H2,1-3H3. The first-order chi connectivity index (χ1) is 10.9. The van der Waals surface area contributed by atoms with E-state index in [1.54, 1.807) is 28.0 Å². The zero-order valence-electron chi connectivity index (χ0n) is 13.7. The number of nitrogens with zero attached hydrogens (tertiary/aromatic N) is 4. The Balaban J connectivity index is 1.67. The predicted octanol–water partition coefficient (Wildman–Crippen LogP) is 2.51. The quantitative estimate of drug-likeness (QED) is 0.851. The molecule has 0 bridgehead atoms. The van der Waals surface area contributed by atoms with E-state index < -0.39 is 5.60 Å². The largest absolute Gasteiger partial charge is 0.471 e. The maximum atomic E-state index is 12.2. The maximum absolute atomic E-state index is 12.2. The summed E-state index contributed by atoms with van der Waals surface area (Å²) in [5, 5.41) is 4.17. The number of amides is 1. The second-order valence-electron chi connectivity index (χ2n) is 6.70. The van der Waals surface area contributed by atoms with Crippen LogP contribution in [0.3, 0.4) is 0 Å². The van der Waals surface area contributed by atoms with Gasteiger partial charge >= 0.3 is 6.09 Å². The van der Waals surface area contributed by atoms with Crippen LogP contribution in [0, 0.1) is 0 Å². The second kappa shape index (κ2) is 6.06. The molecule has 1 aliphatic rings. The first kappa shape index (κ1) is 15.6. The zero-order chi connectivity index (χ0) is 16.4. The Morgan fingerprint density at radius 2 is 2.17 bits per heavy atom. The monoisotopic (exact) mass is 318 g/mol. The molecule has 7 nitrogen and oxygen atoms in total. The highest BCUT2D eigenvalue weighted by molar-refractivity contribution is 5.68. The lowest BCUT2D eigenvalue weighted by Gasteiger charge is -2.33. The molecule has 2 aromatic rings. The number of rotatable bonds is 2. The van der Waals surface area contributed by atoms with Gasteiger partial charge < -0.3 is 14.4 Å². The number of aromatic nitrogens is 3. The summed E-state index contributed by atoms with van der Waals surface area (Å²) in [4.78, 5) is 18.2. The Kier molecular flexibility index (Phi) is 4.11. The SMILES string of the molecule is CC(C)(C)OC(=O)N1CCCC(Oc2nccn3nccc23)C1. The van der Waals surface area contributed by atoms with E-state index in [9.17, 15) is 4.79 Å². The van der Waals surface area contributed by atoms with Gasteiger partial charge in [-0.05, 0) is 39.7 Å². The lowest BCUT2D eigenvalue weighted by Crippen LogP contribution is -2.46. The minimum atomic E-state index is -0.490. The normalized spacial score (nSPS) is 18.9. The number of hydrogen-bond acceptors (Lipinski definition) is 5. The molecule has 0 aromatic carbocycles. The first-order valence-electron chi connectivity index (χ1n) is 7.85. The second-order valence-corrected chi connectivity index (χ2v) is 6.70. The van der Waals surface area contributed by atoms with Crippen LogP contribution in [0.1, 0.15) is 33.6 Å². The first-order valence-corrected chi connectivity index (χ1v) is 7.85. The van der Waals surface area contributed by atoms with E-state index in [4.69, 9.17) is 9.47 Å². The van der Waals surface area contributed by atoms with Crippen LogP contribution in [0.2, 0.25) is 0 Å². The molecule has 0 spiro atoms. The topological polar surface area (TPSA) is 69.0 Å². The molecule has 1 unspecified atom stereocenters. The molecule has 0 saturated carbocycles. The number of piperidine rings is 1. The number of ether oxygens (including phenoxy) is 2. The summed E-state index contributed by atoms with van der Waals surface area (Å²) in [7, 11) is 0. The van der Waals surface area contributed by atoms with Crippen LogP contribution in [-0.4, -0.2) is 50.4 Å². The van der Waals surface area contributed by atoms with Crippen LogP contribution >= 0.6 is 0 Å². The molecule has 1 fully saturated rings. The fourth-order valence-corrected chi connectivity index (χ4v) is 2.61. The molecule has 3 heterocycles. The highest BCUT2D eigenvalue weighted by Gasteiger charge is 2.29. The van der Waals surface area contributed by atoms with Gasteiger partial charge in [-0.15, -0.1) is 0 Å². The molecule has 0 N–H and O–H groups in total. The van der Waals surface area contributed by atoms with Crippen molar-refractivity contribution in [2.75, 3.05) is 13.1 Å². The highest BCUT2D eigenvalue weighted by Crippen LogP contribution is 2.22. The summed E-state index contributed by atoms with van der Waals surface area (Å²) >= 11 is 0. The average molecular weight is 318 g/mol. The Morgan fingerprint density at radius 3 is 2.96 bits per heavy atom. The van der Waals surface area contributed by atoms with Crippen LogP contribution in [0.4, 0.5) is 4.79 Å². The fourth-order valence-electron chi connectivity index (χ4n) is 2.61. The number of likely N-dealkylation sites (tertiary alicyclic amines) is 1. The van der Waals surface area contributed by atoms with Crippen LogP contribution < -0.4 is 4.74 Å². The third-order valence-electron chi connectivity index (χ3n) is 3.60. The molecule has 2 aromatic heterocycles. The van der Waals surface area contributed by atoms with Crippen LogP contribution in [0.25, 0.3) is 5.52 Å². The molecule has 0 aliphatic carbocycles. The van der Waals surface area contributed by atoms with Crippen LogP contribution in [0.15, 0.2) is 24.7 Å². The third kappa shape index (κ3) is 3.72. The minimum Gasteiger partial charge on any atom is -0.471 e. The molecule has 3 rings (SSSR count). The summed E-state index contributed by atoms with van der Waals surface area (Å²) in [5.41, 5.74) is 0.331. The molecule has 1 atom stereocenters. The average Bonchev–Trinajstić information content (AvgIpc) is 2.95. The zero-order valence-corrected chi connectivity index (χ0v) is 13.7. The Bertz CT molecular complexity index is 692. The van der Waals surface area contributed by atoms with Crippen molar-refractivity contribution >= 4 is 11.6 Å². The Labute approximate surface area is 135 Å². The van der Waals surface area contributed by atoms with Gasteiger partial charge in [0, 0.05) is 18.9 Å². The highest BCUT2D eigenvalue weighted by atomic mass is 16.6. The van der Waals surface area contributed by atoms with Gasteiger partial charge in [-0.25, -0.2) is 14.3 Å². The number of fused-ring (bicyclic) bond motifs is 1. The van der Waals surface area contributed by atoms with Crippen LogP contribution in [0.5, 0.6) is 5.88 Å². The minimum absolute atomic E-state index is 0.0927. The molecule has 7 heteroatoms. The van der Waals surface area contributed by atoms with Gasteiger partial charge in [-0.1, -0.05) is 0 Å². The molecule has 124 valence electrons. The summed E-state index contributed by atoms with van der Waals surface area (Å²) < 4.78 is 13.2. The summed E-state index contributed by atoms with van der Waals surface area (Å²) in [6, 6.07) is 1.86. The van der Waals surface area contributed by atoms with Gasteiger partial charge in [-0.2, -0.15) is 5.10 Å². The van der Waals surface area contributed by atoms with E-state index in [1.807, 2.05) is 26.8 Å². The van der Waals surface area contributed by atoms with Gasteiger partial charge in [0.2, 0.25) is 5.88 Å². The summed E-state index contributed by atoms with van der Waals surface area (Å²) in [6.07, 6.45) is 6.52. The summed E-state index contributed by atoms with van der Waals surface area (Å²) in [5.74, 6) is 0.543. The smallest absolute Gasteiger partial charge is 0.410 e. The molecule has 1 aliphatic heterocycles. The predicted molar refractivity (Wildman–Crippen MR) is 84.4 cm³/mol. The van der Waals surface area contributed by atoms with E-state index in [0.717, 1.165) is 18.4 Å². The van der Waals surface area contributed by atoms with Gasteiger partial charge in [-0.3, -0.25) is 0 Å². The van der Waals surface area contributed by atoms with Crippen molar-refractivity contribution in [3.8, 4) is 5.88 Å². The molecular weight excluding hydrogens is 296 g/mol. The van der Waals surface area contributed by atoms with Gasteiger partial charge in [0.05, 0.1) is 12.7 Å². The van der Waals surface area contributed by atoms with Gasteiger partial charge in [0.15, 0.2) is 0 Å². The number of carbonyl (C=O) groups excluding carboxylic acids is 1. The van der Waals surface area contributed by atoms with Gasteiger partial charge in [0.25, 0.3) is 0 Å². The summed E-state index contributed by atoms with van der Waals surface area (Å²) in [6.45, 7) is 6.80. The van der Waals surface area contributed by atoms with E-state index in [1.165, 1.54) is 0 Å². The van der Waals surface area contributed by atoms with E-state index in [2.05, 4.69) is 10.1 Å². The molecule has 1 saturated heterocycles.